The van der Waals surface area contributed by atoms with Gasteiger partial charge in [-0.15, -0.1) is 0 Å². The maximum absolute atomic E-state index is 4.46. The van der Waals surface area contributed by atoms with E-state index in [2.05, 4.69) is 37.0 Å². The second-order valence-corrected chi connectivity index (χ2v) is 5.29. The van der Waals surface area contributed by atoms with Gasteiger partial charge in [0, 0.05) is 0 Å². The predicted octanol–water partition coefficient (Wildman–Crippen LogP) is 1.91. The van der Waals surface area contributed by atoms with E-state index in [4.69, 9.17) is 0 Å². The van der Waals surface area contributed by atoms with Crippen molar-refractivity contribution in [3.05, 3.63) is 28.3 Å². The number of benzene rings is 1. The van der Waals surface area contributed by atoms with Gasteiger partial charge in [-0.3, -0.25) is 0 Å². The summed E-state index contributed by atoms with van der Waals surface area (Å²) in [6.07, 6.45) is 0. The molecule has 0 radical (unpaired) electrons. The Morgan fingerprint density at radius 3 is 2.91 bits per heavy atom. The predicted molar refractivity (Wildman–Crippen MR) is 48.2 cm³/mol. The van der Waals surface area contributed by atoms with Crippen LogP contribution in [0.4, 0.5) is 0 Å². The third-order valence-electron chi connectivity index (χ3n) is 1.65. The molecule has 0 atom stereocenters. The Labute approximate surface area is 71.8 Å². The second-order valence-electron chi connectivity index (χ2n) is 2.70. The number of rotatable bonds is 0. The molecule has 1 heterocycles. The first kappa shape index (κ1) is 7.08. The number of hydrogen-bond donors (Lipinski definition) is 0. The molecule has 11 heavy (non-hydrogen) atoms. The number of aryl methyl sites for hydroxylation is 2. The standard InChI is InChI=1S/C9H9NSe/c1-6-3-4-9-8(5-6)10-7(2)11-9/h3-5H,1-2H3. The molecule has 0 bridgehead atoms. The van der Waals surface area contributed by atoms with Gasteiger partial charge in [0.05, 0.1) is 0 Å². The molecule has 1 nitrogen and oxygen atoms in total. The van der Waals surface area contributed by atoms with Crippen LogP contribution < -0.4 is 0 Å². The molecule has 0 N–H and O–H groups in total. The fraction of sp³-hybridized carbons (Fsp3) is 0.222. The SMILES string of the molecule is Cc1ccc2[se]c(C)nc2c1. The Morgan fingerprint density at radius 1 is 1.27 bits per heavy atom. The van der Waals surface area contributed by atoms with Crippen molar-refractivity contribution in [1.82, 2.24) is 4.98 Å². The van der Waals surface area contributed by atoms with Gasteiger partial charge in [0.15, 0.2) is 0 Å². The first-order valence-electron chi connectivity index (χ1n) is 3.59. The molecular weight excluding hydrogens is 201 g/mol. The molecule has 0 saturated heterocycles. The molecular formula is C9H9NSe. The van der Waals surface area contributed by atoms with Crippen molar-refractivity contribution in [1.29, 1.82) is 0 Å². The topological polar surface area (TPSA) is 12.9 Å². The van der Waals surface area contributed by atoms with Gasteiger partial charge in [-0.2, -0.15) is 0 Å². The molecule has 0 unspecified atom stereocenters. The van der Waals surface area contributed by atoms with Gasteiger partial charge in [-0.05, 0) is 0 Å². The van der Waals surface area contributed by atoms with Crippen molar-refractivity contribution in [3.8, 4) is 0 Å². The van der Waals surface area contributed by atoms with E-state index in [1.165, 1.54) is 19.9 Å². The number of fused-ring (bicyclic) bond motifs is 1. The zero-order chi connectivity index (χ0) is 7.84. The summed E-state index contributed by atoms with van der Waals surface area (Å²) in [6, 6.07) is 6.52. The van der Waals surface area contributed by atoms with Gasteiger partial charge in [0.25, 0.3) is 0 Å². The molecule has 2 heteroatoms. The van der Waals surface area contributed by atoms with Crippen LogP contribution >= 0.6 is 0 Å². The fourth-order valence-electron chi connectivity index (χ4n) is 1.15. The first-order chi connectivity index (χ1) is 5.25. The molecule has 2 aromatic rings. The molecule has 0 aliphatic rings. The third-order valence-corrected chi connectivity index (χ3v) is 3.65. The quantitative estimate of drug-likeness (QED) is 0.605. The molecule has 0 spiro atoms. The summed E-state index contributed by atoms with van der Waals surface area (Å²) in [5.41, 5.74) is 2.50. The zero-order valence-corrected chi connectivity index (χ0v) is 8.30. The van der Waals surface area contributed by atoms with Crippen LogP contribution in [0.5, 0.6) is 0 Å². The molecule has 56 valence electrons. The van der Waals surface area contributed by atoms with Crippen LogP contribution in [-0.4, -0.2) is 19.5 Å². The van der Waals surface area contributed by atoms with Gasteiger partial charge in [0.1, 0.15) is 0 Å². The van der Waals surface area contributed by atoms with Crippen LogP contribution in [0, 0.1) is 13.8 Å². The Morgan fingerprint density at radius 2 is 2.09 bits per heavy atom. The molecule has 2 rings (SSSR count). The van der Waals surface area contributed by atoms with Crippen LogP contribution in [0.2, 0.25) is 0 Å². The Kier molecular flexibility index (Phi) is 1.59. The van der Waals surface area contributed by atoms with E-state index < -0.39 is 0 Å². The molecule has 0 aliphatic carbocycles. The minimum absolute atomic E-state index is 0.503. The Balaban J connectivity index is 2.82. The third kappa shape index (κ3) is 1.24. The van der Waals surface area contributed by atoms with E-state index in [9.17, 15) is 0 Å². The van der Waals surface area contributed by atoms with Crippen molar-refractivity contribution in [3.63, 3.8) is 0 Å². The summed E-state index contributed by atoms with van der Waals surface area (Å²) < 4.78 is 2.72. The number of aromatic nitrogens is 1. The zero-order valence-electron chi connectivity index (χ0n) is 6.59. The van der Waals surface area contributed by atoms with Gasteiger partial charge in [0.2, 0.25) is 0 Å². The van der Waals surface area contributed by atoms with Crippen molar-refractivity contribution in [2.24, 2.45) is 0 Å². The van der Waals surface area contributed by atoms with Crippen molar-refractivity contribution in [2.45, 2.75) is 13.8 Å². The number of hydrogen-bond acceptors (Lipinski definition) is 1. The summed E-state index contributed by atoms with van der Waals surface area (Å²) in [6.45, 7) is 4.21. The molecule has 0 amide bonds. The average Bonchev–Trinajstić information content (AvgIpc) is 2.27. The van der Waals surface area contributed by atoms with Crippen molar-refractivity contribution >= 4 is 24.3 Å². The van der Waals surface area contributed by atoms with Gasteiger partial charge >= 0.3 is 71.4 Å². The Bertz CT molecular complexity index is 389. The van der Waals surface area contributed by atoms with E-state index in [0.717, 1.165) is 0 Å². The van der Waals surface area contributed by atoms with Crippen molar-refractivity contribution in [2.75, 3.05) is 0 Å². The van der Waals surface area contributed by atoms with Crippen LogP contribution in [0.15, 0.2) is 18.2 Å². The summed E-state index contributed by atoms with van der Waals surface area (Å²) >= 11 is 0.503. The molecule has 1 aromatic heterocycles. The summed E-state index contributed by atoms with van der Waals surface area (Å²) in [5.74, 6) is 0. The minimum atomic E-state index is 0.503. The van der Waals surface area contributed by atoms with Crippen LogP contribution in [-0.2, 0) is 0 Å². The maximum atomic E-state index is 4.46. The second kappa shape index (κ2) is 2.47. The molecule has 0 saturated carbocycles. The molecule has 0 aliphatic heterocycles. The summed E-state index contributed by atoms with van der Waals surface area (Å²) in [7, 11) is 0. The Hall–Kier alpha value is -0.591. The number of nitrogens with zero attached hydrogens (tertiary/aromatic N) is 1. The van der Waals surface area contributed by atoms with Crippen molar-refractivity contribution < 1.29 is 0 Å². The van der Waals surface area contributed by atoms with Gasteiger partial charge in [-0.1, -0.05) is 0 Å². The first-order valence-corrected chi connectivity index (χ1v) is 5.31. The summed E-state index contributed by atoms with van der Waals surface area (Å²) in [5, 5.41) is 0. The van der Waals surface area contributed by atoms with Gasteiger partial charge in [-0.25, -0.2) is 0 Å². The van der Waals surface area contributed by atoms with E-state index in [-0.39, 0.29) is 0 Å². The fourth-order valence-corrected chi connectivity index (χ4v) is 2.85. The van der Waals surface area contributed by atoms with E-state index in [0.29, 0.717) is 14.5 Å². The average molecular weight is 210 g/mol. The monoisotopic (exact) mass is 211 g/mol. The normalized spacial score (nSPS) is 10.7. The van der Waals surface area contributed by atoms with Crippen LogP contribution in [0.3, 0.4) is 0 Å². The van der Waals surface area contributed by atoms with E-state index >= 15 is 0 Å². The van der Waals surface area contributed by atoms with E-state index in [1.807, 2.05) is 0 Å². The summed E-state index contributed by atoms with van der Waals surface area (Å²) in [4.78, 5) is 4.46. The van der Waals surface area contributed by atoms with E-state index in [1.54, 1.807) is 0 Å². The van der Waals surface area contributed by atoms with Crippen LogP contribution in [0.1, 0.15) is 10.1 Å². The van der Waals surface area contributed by atoms with Crippen LogP contribution in [0.25, 0.3) is 9.78 Å². The van der Waals surface area contributed by atoms with Gasteiger partial charge < -0.3 is 0 Å². The molecule has 0 fully saturated rings. The molecule has 1 aromatic carbocycles.